The van der Waals surface area contributed by atoms with E-state index in [1.807, 2.05) is 0 Å². The third-order valence-electron chi connectivity index (χ3n) is 10.7. The van der Waals surface area contributed by atoms with Crippen molar-refractivity contribution in [2.24, 2.45) is 0 Å². The van der Waals surface area contributed by atoms with E-state index in [2.05, 4.69) is 82.7 Å². The van der Waals surface area contributed by atoms with Gasteiger partial charge in [0.2, 0.25) is 0 Å². The second-order valence-electron chi connectivity index (χ2n) is 13.0. The fourth-order valence-corrected chi connectivity index (χ4v) is 30.4. The maximum atomic E-state index is 7.62. The molecule has 0 saturated carbocycles. The third kappa shape index (κ3) is 15.1. The fraction of sp³-hybridized carbons (Fsp3) is 1.00. The molecule has 0 aliphatic rings. The van der Waals surface area contributed by atoms with Crippen LogP contribution in [-0.2, 0) is 21.2 Å². The van der Waals surface area contributed by atoms with Crippen LogP contribution in [0, 0.1) is 0 Å². The molecule has 0 radical (unpaired) electrons. The lowest BCUT2D eigenvalue weighted by atomic mass is 10.1. The van der Waals surface area contributed by atoms with Crippen molar-refractivity contribution in [2.75, 3.05) is 13.2 Å². The molecule has 0 aliphatic carbocycles. The zero-order chi connectivity index (χ0) is 32.9. The van der Waals surface area contributed by atoms with Crippen LogP contribution in [0.25, 0.3) is 0 Å². The largest absolute Gasteiger partial charge is 0.469 e. The van der Waals surface area contributed by atoms with E-state index in [1.165, 1.54) is 51.4 Å². The summed E-state index contributed by atoms with van der Waals surface area (Å²) in [5, 5.41) is 0. The van der Waals surface area contributed by atoms with Gasteiger partial charge in [-0.05, 0) is 87.3 Å². The van der Waals surface area contributed by atoms with Crippen molar-refractivity contribution >= 4 is 42.3 Å². The van der Waals surface area contributed by atoms with Gasteiger partial charge in [0.25, 0.3) is 0 Å². The molecule has 0 aromatic heterocycles. The Morgan fingerprint density at radius 3 is 0.860 bits per heavy atom. The van der Waals surface area contributed by atoms with Crippen LogP contribution in [0.4, 0.5) is 0 Å². The van der Waals surface area contributed by atoms with Gasteiger partial charge in [-0.25, -0.2) is 0 Å². The Bertz CT molecular complexity index is 586. The van der Waals surface area contributed by atoms with E-state index in [0.29, 0.717) is 0 Å². The quantitative estimate of drug-likeness (QED) is 0.0553. The standard InChI is InChI=1S/C33H78O5Si5/c1-13-34-39(12,35-14-2)32-30-28-26-24-25-27-29-31-33-43(36-40(15-3,16-4)17-5,37-41(18-6,19-7)20-8)38-42(21-9,22-10)23-11/h13-33H2,1-12H3. The molecule has 0 N–H and O–H groups in total. The predicted octanol–water partition coefficient (Wildman–Crippen LogP) is 12.3. The predicted molar refractivity (Wildman–Crippen MR) is 202 cm³/mol. The first kappa shape index (κ1) is 43.9. The average molecular weight is 695 g/mol. The van der Waals surface area contributed by atoms with Crippen LogP contribution in [0.2, 0.25) is 73.0 Å². The van der Waals surface area contributed by atoms with Gasteiger partial charge in [-0.3, -0.25) is 0 Å². The number of rotatable bonds is 30. The molecule has 0 unspecified atom stereocenters. The normalized spacial score (nSPS) is 13.7. The number of unbranched alkanes of at least 4 members (excludes halogenated alkanes) is 7. The molecule has 43 heavy (non-hydrogen) atoms. The minimum Gasteiger partial charge on any atom is -0.416 e. The van der Waals surface area contributed by atoms with Crippen molar-refractivity contribution < 1.29 is 21.2 Å². The highest BCUT2D eigenvalue weighted by atomic mass is 28.5. The monoisotopic (exact) mass is 694 g/mol. The van der Waals surface area contributed by atoms with E-state index in [9.17, 15) is 0 Å². The van der Waals surface area contributed by atoms with E-state index in [1.54, 1.807) is 0 Å². The highest BCUT2D eigenvalue weighted by Crippen LogP contribution is 2.39. The molecule has 260 valence electrons. The van der Waals surface area contributed by atoms with Gasteiger partial charge in [0.05, 0.1) is 0 Å². The Balaban J connectivity index is 5.56. The maximum absolute atomic E-state index is 7.62. The van der Waals surface area contributed by atoms with E-state index in [4.69, 9.17) is 21.2 Å². The summed E-state index contributed by atoms with van der Waals surface area (Å²) in [5.74, 6) is 0. The minimum atomic E-state index is -2.84. The second kappa shape index (κ2) is 23.2. The zero-order valence-electron chi connectivity index (χ0n) is 31.4. The summed E-state index contributed by atoms with van der Waals surface area (Å²) >= 11 is 0. The summed E-state index contributed by atoms with van der Waals surface area (Å²) in [6.07, 6.45) is 10.3. The van der Waals surface area contributed by atoms with Gasteiger partial charge in [-0.15, -0.1) is 0 Å². The molecule has 0 fully saturated rings. The molecule has 0 aliphatic heterocycles. The van der Waals surface area contributed by atoms with Gasteiger partial charge in [0, 0.05) is 19.3 Å². The van der Waals surface area contributed by atoms with E-state index in [0.717, 1.165) is 79.7 Å². The molecular formula is C33H78O5Si5. The Hall–Kier alpha value is 0.884. The summed E-state index contributed by atoms with van der Waals surface area (Å²) in [4.78, 5) is 0. The van der Waals surface area contributed by atoms with Crippen LogP contribution < -0.4 is 0 Å². The lowest BCUT2D eigenvalue weighted by molar-refractivity contribution is 0.188. The molecule has 0 aromatic carbocycles. The molecule has 0 aromatic rings. The van der Waals surface area contributed by atoms with Gasteiger partial charge >= 0.3 is 17.4 Å². The molecular weight excluding hydrogens is 617 g/mol. The summed E-state index contributed by atoms with van der Waals surface area (Å²) in [7, 11) is -10.5. The van der Waals surface area contributed by atoms with E-state index >= 15 is 0 Å². The molecule has 0 spiro atoms. The molecule has 0 atom stereocenters. The highest BCUT2D eigenvalue weighted by Gasteiger charge is 2.54. The lowest BCUT2D eigenvalue weighted by Crippen LogP contribution is -2.64. The zero-order valence-corrected chi connectivity index (χ0v) is 36.4. The summed E-state index contributed by atoms with van der Waals surface area (Å²) in [5.41, 5.74) is 0. The molecule has 0 saturated heterocycles. The van der Waals surface area contributed by atoms with Crippen molar-refractivity contribution in [3.63, 3.8) is 0 Å². The topological polar surface area (TPSA) is 46.2 Å². The smallest absolute Gasteiger partial charge is 0.416 e. The van der Waals surface area contributed by atoms with E-state index < -0.39 is 42.3 Å². The van der Waals surface area contributed by atoms with Gasteiger partial charge in [-0.2, -0.15) is 0 Å². The number of hydrogen-bond donors (Lipinski definition) is 0. The highest BCUT2D eigenvalue weighted by molar-refractivity contribution is 6.92. The maximum Gasteiger partial charge on any atom is 0.469 e. The third-order valence-corrected chi connectivity index (χ3v) is 35.2. The van der Waals surface area contributed by atoms with Crippen molar-refractivity contribution in [1.29, 1.82) is 0 Å². The van der Waals surface area contributed by atoms with Crippen molar-refractivity contribution in [2.45, 2.75) is 201 Å². The lowest BCUT2D eigenvalue weighted by Gasteiger charge is -2.48. The van der Waals surface area contributed by atoms with Crippen molar-refractivity contribution in [3.8, 4) is 0 Å². The fourth-order valence-electron chi connectivity index (χ4n) is 6.75. The molecule has 0 rings (SSSR count). The van der Waals surface area contributed by atoms with Gasteiger partial charge in [0.1, 0.15) is 0 Å². The Morgan fingerprint density at radius 2 is 0.605 bits per heavy atom. The van der Waals surface area contributed by atoms with Crippen molar-refractivity contribution in [1.82, 2.24) is 0 Å². The van der Waals surface area contributed by atoms with Crippen LogP contribution in [0.5, 0.6) is 0 Å². The Labute approximate surface area is 276 Å². The summed E-state index contributed by atoms with van der Waals surface area (Å²) in [6, 6.07) is 12.6. The van der Waals surface area contributed by atoms with Crippen molar-refractivity contribution in [3.05, 3.63) is 0 Å². The molecule has 0 heterocycles. The van der Waals surface area contributed by atoms with E-state index in [-0.39, 0.29) is 0 Å². The van der Waals surface area contributed by atoms with Crippen LogP contribution in [0.1, 0.15) is 128 Å². The Morgan fingerprint density at radius 1 is 0.349 bits per heavy atom. The minimum absolute atomic E-state index is 0.767. The Kier molecular flexibility index (Phi) is 23.7. The molecule has 0 bridgehead atoms. The molecule has 5 nitrogen and oxygen atoms in total. The van der Waals surface area contributed by atoms with Gasteiger partial charge < -0.3 is 21.2 Å². The number of hydrogen-bond acceptors (Lipinski definition) is 5. The SMILES string of the molecule is CCO[Si](C)(CCCCCCCCCC[Si](O[Si](CC)(CC)CC)(O[Si](CC)(CC)CC)O[Si](CC)(CC)CC)OCC. The van der Waals surface area contributed by atoms with Gasteiger partial charge in [-0.1, -0.05) is 107 Å². The molecule has 10 heteroatoms. The van der Waals surface area contributed by atoms with Gasteiger partial charge in [0.15, 0.2) is 25.0 Å². The van der Waals surface area contributed by atoms with Crippen LogP contribution >= 0.6 is 0 Å². The first-order valence-electron chi connectivity index (χ1n) is 18.9. The van der Waals surface area contributed by atoms with Crippen LogP contribution in [-0.4, -0.2) is 55.5 Å². The first-order valence-corrected chi connectivity index (χ1v) is 30.9. The molecule has 0 amide bonds. The van der Waals surface area contributed by atoms with Crippen LogP contribution in [0.3, 0.4) is 0 Å². The summed E-state index contributed by atoms with van der Waals surface area (Å²) < 4.78 is 34.9. The first-order chi connectivity index (χ1) is 20.5. The van der Waals surface area contributed by atoms with Crippen LogP contribution in [0.15, 0.2) is 0 Å². The summed E-state index contributed by atoms with van der Waals surface area (Å²) in [6.45, 7) is 29.2. The second-order valence-corrected chi connectivity index (χ2v) is 34.2. The average Bonchev–Trinajstić information content (AvgIpc) is 3.03.